The molecule has 6 heteroatoms. The van der Waals surface area contributed by atoms with Gasteiger partial charge in [-0.15, -0.1) is 0 Å². The van der Waals surface area contributed by atoms with Crippen molar-refractivity contribution in [2.24, 2.45) is 0 Å². The summed E-state index contributed by atoms with van der Waals surface area (Å²) in [5.41, 5.74) is 1.33. The summed E-state index contributed by atoms with van der Waals surface area (Å²) < 4.78 is 19.0. The van der Waals surface area contributed by atoms with Crippen molar-refractivity contribution in [2.75, 3.05) is 32.6 Å². The average Bonchev–Trinajstić information content (AvgIpc) is 2.56. The van der Waals surface area contributed by atoms with Crippen LogP contribution in [0.4, 0.5) is 10.1 Å². The van der Waals surface area contributed by atoms with E-state index in [1.165, 1.54) is 6.07 Å². The van der Waals surface area contributed by atoms with E-state index in [2.05, 4.69) is 5.32 Å². The summed E-state index contributed by atoms with van der Waals surface area (Å²) in [5.74, 6) is -0.196. The number of nitrogens with zero attached hydrogens (tertiary/aromatic N) is 1. The van der Waals surface area contributed by atoms with Crippen LogP contribution in [0.3, 0.4) is 0 Å². The van der Waals surface area contributed by atoms with Crippen LogP contribution in [0, 0.1) is 12.7 Å². The van der Waals surface area contributed by atoms with Crippen LogP contribution in [0.15, 0.2) is 42.5 Å². The molecule has 0 spiro atoms. The molecule has 0 aliphatic carbocycles. The van der Waals surface area contributed by atoms with Crippen molar-refractivity contribution in [1.29, 1.82) is 0 Å². The molecule has 1 unspecified atom stereocenters. The summed E-state index contributed by atoms with van der Waals surface area (Å²) in [6, 6.07) is 11.2. The fraction of sp³-hybridized carbons (Fsp3) is 0.316. The number of benzene rings is 2. The lowest BCUT2D eigenvalue weighted by Crippen LogP contribution is -2.30. The van der Waals surface area contributed by atoms with Crippen molar-refractivity contribution in [1.82, 2.24) is 4.90 Å². The second-order valence-corrected chi connectivity index (χ2v) is 6.17. The van der Waals surface area contributed by atoms with Crippen LogP contribution >= 0.6 is 0 Å². The predicted octanol–water partition coefficient (Wildman–Crippen LogP) is 2.69. The van der Waals surface area contributed by atoms with Gasteiger partial charge in [0.2, 0.25) is 0 Å². The van der Waals surface area contributed by atoms with Gasteiger partial charge in [0.15, 0.2) is 0 Å². The Morgan fingerprint density at radius 1 is 1.24 bits per heavy atom. The molecule has 134 valence electrons. The molecule has 0 saturated carbocycles. The van der Waals surface area contributed by atoms with E-state index in [1.54, 1.807) is 43.3 Å². The minimum atomic E-state index is -0.578. The molecular formula is C19H23FN2O3. The zero-order chi connectivity index (χ0) is 18.4. The van der Waals surface area contributed by atoms with Crippen molar-refractivity contribution in [3.8, 4) is 5.75 Å². The molecule has 0 heterocycles. The van der Waals surface area contributed by atoms with Crippen LogP contribution in [-0.2, 0) is 0 Å². The Labute approximate surface area is 147 Å². The molecule has 0 bridgehead atoms. The monoisotopic (exact) mass is 346 g/mol. The highest BCUT2D eigenvalue weighted by Gasteiger charge is 2.09. The Hall–Kier alpha value is -2.44. The molecule has 0 fully saturated rings. The van der Waals surface area contributed by atoms with Crippen molar-refractivity contribution in [3.05, 3.63) is 59.4 Å². The lowest BCUT2D eigenvalue weighted by molar-refractivity contribution is 0.0831. The van der Waals surface area contributed by atoms with Crippen LogP contribution in [0.25, 0.3) is 0 Å². The Bertz CT molecular complexity index is 717. The maximum Gasteiger partial charge on any atom is 0.255 e. The average molecular weight is 346 g/mol. The first-order chi connectivity index (χ1) is 11.8. The number of hydrogen-bond acceptors (Lipinski definition) is 4. The number of rotatable bonds is 7. The van der Waals surface area contributed by atoms with Gasteiger partial charge in [-0.1, -0.05) is 6.07 Å². The fourth-order valence-corrected chi connectivity index (χ4v) is 2.24. The number of anilines is 1. The standard InChI is InChI=1S/C19H23FN2O3/c1-13-4-5-14(10-18(13)20)19(24)21-15-6-8-17(9-7-15)25-12-16(23)11-22(2)3/h4-10,16,23H,11-12H2,1-3H3,(H,21,24). The van der Waals surface area contributed by atoms with Crippen molar-refractivity contribution in [2.45, 2.75) is 13.0 Å². The molecule has 0 saturated heterocycles. The fourth-order valence-electron chi connectivity index (χ4n) is 2.24. The summed E-state index contributed by atoms with van der Waals surface area (Å²) in [7, 11) is 3.75. The summed E-state index contributed by atoms with van der Waals surface area (Å²) in [5, 5.41) is 12.5. The molecule has 25 heavy (non-hydrogen) atoms. The van der Waals surface area contributed by atoms with Crippen LogP contribution in [-0.4, -0.2) is 49.3 Å². The van der Waals surface area contributed by atoms with E-state index in [-0.39, 0.29) is 18.1 Å². The number of aliphatic hydroxyl groups excluding tert-OH is 1. The number of amides is 1. The SMILES string of the molecule is Cc1ccc(C(=O)Nc2ccc(OCC(O)CN(C)C)cc2)cc1F. The molecule has 2 rings (SSSR count). The highest BCUT2D eigenvalue weighted by atomic mass is 19.1. The van der Waals surface area contributed by atoms with E-state index < -0.39 is 11.9 Å². The van der Waals surface area contributed by atoms with Gasteiger partial charge in [0.1, 0.15) is 24.3 Å². The van der Waals surface area contributed by atoms with Gasteiger partial charge in [0, 0.05) is 17.8 Å². The number of nitrogens with one attached hydrogen (secondary N) is 1. The molecule has 0 aromatic heterocycles. The number of likely N-dealkylation sites (N-methyl/N-ethyl adjacent to an activating group) is 1. The molecule has 1 atom stereocenters. The van der Waals surface area contributed by atoms with Gasteiger partial charge in [-0.05, 0) is 63.0 Å². The third kappa shape index (κ3) is 5.85. The summed E-state index contributed by atoms with van der Waals surface area (Å²) in [4.78, 5) is 14.0. The second-order valence-electron chi connectivity index (χ2n) is 6.17. The largest absolute Gasteiger partial charge is 0.491 e. The van der Waals surface area contributed by atoms with Crippen LogP contribution in [0.1, 0.15) is 15.9 Å². The Kier molecular flexibility index (Phi) is 6.50. The maximum absolute atomic E-state index is 13.5. The van der Waals surface area contributed by atoms with E-state index in [0.29, 0.717) is 23.5 Å². The van der Waals surface area contributed by atoms with Crippen LogP contribution < -0.4 is 10.1 Å². The number of aryl methyl sites for hydroxylation is 1. The number of carbonyl (C=O) groups is 1. The van der Waals surface area contributed by atoms with Crippen molar-refractivity contribution in [3.63, 3.8) is 0 Å². The van der Waals surface area contributed by atoms with E-state index >= 15 is 0 Å². The van der Waals surface area contributed by atoms with Crippen molar-refractivity contribution >= 4 is 11.6 Å². The summed E-state index contributed by atoms with van der Waals surface area (Å²) in [6.45, 7) is 2.35. The van der Waals surface area contributed by atoms with Crippen molar-refractivity contribution < 1.29 is 19.0 Å². The maximum atomic E-state index is 13.5. The molecule has 2 aromatic rings. The zero-order valence-electron chi connectivity index (χ0n) is 14.6. The molecule has 5 nitrogen and oxygen atoms in total. The summed E-state index contributed by atoms with van der Waals surface area (Å²) in [6.07, 6.45) is -0.578. The first-order valence-electron chi connectivity index (χ1n) is 7.98. The number of halogens is 1. The minimum Gasteiger partial charge on any atom is -0.491 e. The van der Waals surface area contributed by atoms with E-state index in [1.807, 2.05) is 19.0 Å². The number of aliphatic hydroxyl groups is 1. The van der Waals surface area contributed by atoms with E-state index in [4.69, 9.17) is 4.74 Å². The predicted molar refractivity (Wildman–Crippen MR) is 95.6 cm³/mol. The molecule has 1 amide bonds. The van der Waals surface area contributed by atoms with E-state index in [0.717, 1.165) is 0 Å². The molecule has 2 aromatic carbocycles. The minimum absolute atomic E-state index is 0.187. The second kappa shape index (κ2) is 8.60. The lowest BCUT2D eigenvalue weighted by Gasteiger charge is -2.16. The number of hydrogen-bond donors (Lipinski definition) is 2. The highest BCUT2D eigenvalue weighted by molar-refractivity contribution is 6.04. The first-order valence-corrected chi connectivity index (χ1v) is 7.98. The van der Waals surface area contributed by atoms with Gasteiger partial charge < -0.3 is 20.1 Å². The Morgan fingerprint density at radius 3 is 2.52 bits per heavy atom. The van der Waals surface area contributed by atoms with Gasteiger partial charge in [0.25, 0.3) is 5.91 Å². The molecule has 0 aliphatic rings. The molecule has 0 radical (unpaired) electrons. The normalized spacial score (nSPS) is 12.1. The van der Waals surface area contributed by atoms with Gasteiger partial charge in [-0.25, -0.2) is 4.39 Å². The van der Waals surface area contributed by atoms with Gasteiger partial charge in [-0.3, -0.25) is 4.79 Å². The third-order valence-corrected chi connectivity index (χ3v) is 3.56. The third-order valence-electron chi connectivity index (χ3n) is 3.56. The van der Waals surface area contributed by atoms with Crippen LogP contribution in [0.5, 0.6) is 5.75 Å². The van der Waals surface area contributed by atoms with E-state index in [9.17, 15) is 14.3 Å². The topological polar surface area (TPSA) is 61.8 Å². The van der Waals surface area contributed by atoms with Gasteiger partial charge >= 0.3 is 0 Å². The Morgan fingerprint density at radius 2 is 1.92 bits per heavy atom. The van der Waals surface area contributed by atoms with Gasteiger partial charge in [0.05, 0.1) is 0 Å². The number of carbonyl (C=O) groups excluding carboxylic acids is 1. The van der Waals surface area contributed by atoms with Crippen LogP contribution in [0.2, 0.25) is 0 Å². The molecule has 2 N–H and O–H groups in total. The first kappa shape index (κ1) is 18.9. The zero-order valence-corrected chi connectivity index (χ0v) is 14.6. The number of ether oxygens (including phenoxy) is 1. The quantitative estimate of drug-likeness (QED) is 0.809. The Balaban J connectivity index is 1.91. The lowest BCUT2D eigenvalue weighted by atomic mass is 10.1. The summed E-state index contributed by atoms with van der Waals surface area (Å²) >= 11 is 0. The smallest absolute Gasteiger partial charge is 0.255 e. The highest BCUT2D eigenvalue weighted by Crippen LogP contribution is 2.17. The molecular weight excluding hydrogens is 323 g/mol. The van der Waals surface area contributed by atoms with Gasteiger partial charge in [-0.2, -0.15) is 0 Å². The molecule has 0 aliphatic heterocycles.